The molecule has 8 heteroatoms. The van der Waals surface area contributed by atoms with Crippen molar-refractivity contribution < 1.29 is 22.7 Å². The SMILES string of the molecule is Cc1ccc(C(NC(=O)CCCN(c2ccc3c(c2)OCCO3)S(C)(=O)=O)c2ccccc2)cc1. The van der Waals surface area contributed by atoms with E-state index in [0.717, 1.165) is 22.9 Å². The minimum atomic E-state index is -3.55. The fourth-order valence-electron chi connectivity index (χ4n) is 4.05. The summed E-state index contributed by atoms with van der Waals surface area (Å²) < 4.78 is 37.4. The summed E-state index contributed by atoms with van der Waals surface area (Å²) in [5.74, 6) is 0.967. The van der Waals surface area contributed by atoms with E-state index < -0.39 is 10.0 Å². The number of fused-ring (bicyclic) bond motifs is 1. The van der Waals surface area contributed by atoms with Crippen molar-refractivity contribution in [2.75, 3.05) is 30.3 Å². The molecule has 0 spiro atoms. The molecule has 7 nitrogen and oxygen atoms in total. The van der Waals surface area contributed by atoms with Crippen LogP contribution in [-0.4, -0.2) is 40.3 Å². The molecule has 0 aliphatic carbocycles. The largest absolute Gasteiger partial charge is 0.486 e. The zero-order chi connectivity index (χ0) is 24.8. The lowest BCUT2D eigenvalue weighted by atomic mass is 9.97. The number of aryl methyl sites for hydroxylation is 1. The van der Waals surface area contributed by atoms with Gasteiger partial charge >= 0.3 is 0 Å². The molecule has 4 rings (SSSR count). The van der Waals surface area contributed by atoms with Crippen LogP contribution in [0.4, 0.5) is 5.69 Å². The van der Waals surface area contributed by atoms with Crippen LogP contribution in [0.3, 0.4) is 0 Å². The highest BCUT2D eigenvalue weighted by molar-refractivity contribution is 7.92. The molecule has 0 bridgehead atoms. The minimum absolute atomic E-state index is 0.143. The van der Waals surface area contributed by atoms with Gasteiger partial charge in [-0.05, 0) is 36.6 Å². The summed E-state index contributed by atoms with van der Waals surface area (Å²) in [6.07, 6.45) is 1.71. The standard InChI is InChI=1S/C27H30N2O5S/c1-20-10-12-22(13-11-20)27(21-7-4-3-5-8-21)28-26(30)9-6-16-29(35(2,31)32)23-14-15-24-25(19-23)34-18-17-33-24/h3-5,7-8,10-15,19,27H,6,9,16-18H2,1-2H3,(H,28,30). The van der Waals surface area contributed by atoms with Crippen LogP contribution in [0.5, 0.6) is 11.5 Å². The topological polar surface area (TPSA) is 84.9 Å². The third-order valence-electron chi connectivity index (χ3n) is 5.83. The predicted octanol–water partition coefficient (Wildman–Crippen LogP) is 4.22. The first kappa shape index (κ1) is 24.6. The zero-order valence-electron chi connectivity index (χ0n) is 19.9. The van der Waals surface area contributed by atoms with E-state index in [0.29, 0.717) is 36.8 Å². The first-order valence-electron chi connectivity index (χ1n) is 11.6. The van der Waals surface area contributed by atoms with Gasteiger partial charge in [-0.25, -0.2) is 8.42 Å². The van der Waals surface area contributed by atoms with E-state index in [1.807, 2.05) is 61.5 Å². The Kier molecular flexibility index (Phi) is 7.60. The Morgan fingerprint density at radius 2 is 1.60 bits per heavy atom. The van der Waals surface area contributed by atoms with Crippen LogP contribution in [0, 0.1) is 6.92 Å². The molecule has 184 valence electrons. The number of sulfonamides is 1. The van der Waals surface area contributed by atoms with Gasteiger partial charge in [0.2, 0.25) is 15.9 Å². The number of carbonyl (C=O) groups excluding carboxylic acids is 1. The lowest BCUT2D eigenvalue weighted by Crippen LogP contribution is -2.33. The Morgan fingerprint density at radius 1 is 0.943 bits per heavy atom. The van der Waals surface area contributed by atoms with E-state index in [4.69, 9.17) is 9.47 Å². The number of amides is 1. The summed E-state index contributed by atoms with van der Waals surface area (Å²) in [6.45, 7) is 3.07. The van der Waals surface area contributed by atoms with E-state index >= 15 is 0 Å². The van der Waals surface area contributed by atoms with Gasteiger partial charge < -0.3 is 14.8 Å². The second kappa shape index (κ2) is 10.8. The molecular weight excluding hydrogens is 464 g/mol. The van der Waals surface area contributed by atoms with Gasteiger partial charge in [0.15, 0.2) is 11.5 Å². The van der Waals surface area contributed by atoms with E-state index in [9.17, 15) is 13.2 Å². The number of carbonyl (C=O) groups is 1. The number of benzene rings is 3. The number of hydrogen-bond acceptors (Lipinski definition) is 5. The van der Waals surface area contributed by atoms with Crippen LogP contribution in [0.25, 0.3) is 0 Å². The lowest BCUT2D eigenvalue weighted by molar-refractivity contribution is -0.121. The molecule has 0 radical (unpaired) electrons. The van der Waals surface area contributed by atoms with Gasteiger partial charge in [-0.1, -0.05) is 60.2 Å². The zero-order valence-corrected chi connectivity index (χ0v) is 20.8. The Labute approximate surface area is 206 Å². The summed E-state index contributed by atoms with van der Waals surface area (Å²) in [7, 11) is -3.55. The number of rotatable bonds is 9. The number of nitrogens with one attached hydrogen (secondary N) is 1. The molecule has 0 saturated heterocycles. The summed E-state index contributed by atoms with van der Waals surface area (Å²) in [5, 5.41) is 3.12. The van der Waals surface area contributed by atoms with Crippen molar-refractivity contribution in [1.29, 1.82) is 0 Å². The van der Waals surface area contributed by atoms with Crippen LogP contribution in [-0.2, 0) is 14.8 Å². The Hall–Kier alpha value is -3.52. The maximum Gasteiger partial charge on any atom is 0.232 e. The molecule has 1 amide bonds. The molecule has 1 aliphatic rings. The maximum atomic E-state index is 12.9. The third kappa shape index (κ3) is 6.33. The molecule has 0 saturated carbocycles. The van der Waals surface area contributed by atoms with Crippen LogP contribution in [0.2, 0.25) is 0 Å². The molecule has 1 atom stereocenters. The lowest BCUT2D eigenvalue weighted by Gasteiger charge is -2.25. The van der Waals surface area contributed by atoms with Crippen LogP contribution in [0.15, 0.2) is 72.8 Å². The summed E-state index contributed by atoms with van der Waals surface area (Å²) in [5.41, 5.74) is 3.61. The van der Waals surface area contributed by atoms with Crippen molar-refractivity contribution in [3.8, 4) is 11.5 Å². The van der Waals surface area contributed by atoms with Gasteiger partial charge in [0.05, 0.1) is 18.0 Å². The molecule has 1 N–H and O–H groups in total. The molecule has 1 unspecified atom stereocenters. The molecular formula is C27H30N2O5S. The molecule has 35 heavy (non-hydrogen) atoms. The molecule has 0 fully saturated rings. The van der Waals surface area contributed by atoms with Gasteiger partial charge in [0, 0.05) is 19.0 Å². The smallest absolute Gasteiger partial charge is 0.232 e. The average molecular weight is 495 g/mol. The van der Waals surface area contributed by atoms with Gasteiger partial charge in [0.25, 0.3) is 0 Å². The van der Waals surface area contributed by atoms with Crippen molar-refractivity contribution in [3.63, 3.8) is 0 Å². The Morgan fingerprint density at radius 3 is 2.29 bits per heavy atom. The second-order valence-electron chi connectivity index (χ2n) is 8.59. The van der Waals surface area contributed by atoms with Crippen molar-refractivity contribution in [3.05, 3.63) is 89.5 Å². The van der Waals surface area contributed by atoms with Gasteiger partial charge in [-0.15, -0.1) is 0 Å². The number of nitrogens with zero attached hydrogens (tertiary/aromatic N) is 1. The first-order valence-corrected chi connectivity index (χ1v) is 13.4. The van der Waals surface area contributed by atoms with Crippen molar-refractivity contribution in [2.24, 2.45) is 0 Å². The highest BCUT2D eigenvalue weighted by Crippen LogP contribution is 2.34. The van der Waals surface area contributed by atoms with Gasteiger partial charge in [-0.3, -0.25) is 9.10 Å². The summed E-state index contributed by atoms with van der Waals surface area (Å²) in [6, 6.07) is 22.7. The van der Waals surface area contributed by atoms with Crippen molar-refractivity contribution in [2.45, 2.75) is 25.8 Å². The van der Waals surface area contributed by atoms with E-state index in [2.05, 4.69) is 5.32 Å². The normalized spacial score (nSPS) is 13.7. The number of anilines is 1. The van der Waals surface area contributed by atoms with E-state index in [1.54, 1.807) is 18.2 Å². The summed E-state index contributed by atoms with van der Waals surface area (Å²) >= 11 is 0. The van der Waals surface area contributed by atoms with Crippen LogP contribution in [0.1, 0.15) is 35.6 Å². The third-order valence-corrected chi connectivity index (χ3v) is 7.02. The van der Waals surface area contributed by atoms with Crippen molar-refractivity contribution in [1.82, 2.24) is 5.32 Å². The first-order chi connectivity index (χ1) is 16.8. The molecule has 3 aromatic carbocycles. The number of ether oxygens (including phenoxy) is 2. The van der Waals surface area contributed by atoms with E-state index in [1.165, 1.54) is 4.31 Å². The van der Waals surface area contributed by atoms with Gasteiger partial charge in [0.1, 0.15) is 13.2 Å². The average Bonchev–Trinajstić information content (AvgIpc) is 2.85. The fraction of sp³-hybridized carbons (Fsp3) is 0.296. The molecule has 1 heterocycles. The Balaban J connectivity index is 1.43. The van der Waals surface area contributed by atoms with Crippen LogP contribution >= 0.6 is 0 Å². The summed E-state index contributed by atoms with van der Waals surface area (Å²) in [4.78, 5) is 12.9. The molecule has 3 aromatic rings. The second-order valence-corrected chi connectivity index (χ2v) is 10.5. The van der Waals surface area contributed by atoms with Gasteiger partial charge in [-0.2, -0.15) is 0 Å². The molecule has 0 aromatic heterocycles. The Bertz CT molecular complexity index is 1260. The number of hydrogen-bond donors (Lipinski definition) is 1. The maximum absolute atomic E-state index is 12.9. The molecule has 1 aliphatic heterocycles. The predicted molar refractivity (Wildman–Crippen MR) is 136 cm³/mol. The highest BCUT2D eigenvalue weighted by atomic mass is 32.2. The van der Waals surface area contributed by atoms with Crippen molar-refractivity contribution >= 4 is 21.6 Å². The highest BCUT2D eigenvalue weighted by Gasteiger charge is 2.22. The quantitative estimate of drug-likeness (QED) is 0.482. The fourth-order valence-corrected chi connectivity index (χ4v) is 5.01. The van der Waals surface area contributed by atoms with E-state index in [-0.39, 0.29) is 24.9 Å². The van der Waals surface area contributed by atoms with Crippen LogP contribution < -0.4 is 19.1 Å². The minimum Gasteiger partial charge on any atom is -0.486 e. The monoisotopic (exact) mass is 494 g/mol.